The molecule has 1 aromatic carbocycles. The quantitative estimate of drug-likeness (QED) is 0.380. The second kappa shape index (κ2) is 8.56. The van der Waals surface area contributed by atoms with Crippen LogP contribution >= 0.6 is 0 Å². The van der Waals surface area contributed by atoms with Gasteiger partial charge in [-0.1, -0.05) is 13.0 Å². The zero-order valence-corrected chi connectivity index (χ0v) is 19.9. The SMILES string of the molecule is CCCN(Cc1ccc(C)o1)c1c2c(nc3c(-c4ccc(OC)cc4C)c(C)nn13)COC2. The number of anilines is 1. The summed E-state index contributed by atoms with van der Waals surface area (Å²) < 4.78 is 19.2. The molecule has 33 heavy (non-hydrogen) atoms. The Balaban J connectivity index is 1.71. The van der Waals surface area contributed by atoms with Gasteiger partial charge in [0.25, 0.3) is 0 Å². The third-order valence-corrected chi connectivity index (χ3v) is 6.22. The molecule has 7 heteroatoms. The molecule has 0 atom stereocenters. The average molecular weight is 447 g/mol. The number of hydrogen-bond acceptors (Lipinski definition) is 6. The highest BCUT2D eigenvalue weighted by atomic mass is 16.5. The van der Waals surface area contributed by atoms with Crippen LogP contribution in [0.15, 0.2) is 34.7 Å². The van der Waals surface area contributed by atoms with Crippen molar-refractivity contribution < 1.29 is 13.9 Å². The number of aromatic nitrogens is 3. The van der Waals surface area contributed by atoms with Gasteiger partial charge in [0.2, 0.25) is 0 Å². The molecule has 0 radical (unpaired) electrons. The van der Waals surface area contributed by atoms with Crippen LogP contribution < -0.4 is 9.64 Å². The Morgan fingerprint density at radius 3 is 2.67 bits per heavy atom. The predicted molar refractivity (Wildman–Crippen MR) is 128 cm³/mol. The van der Waals surface area contributed by atoms with Crippen LogP contribution in [0.1, 0.15) is 47.4 Å². The Bertz CT molecular complexity index is 1320. The minimum Gasteiger partial charge on any atom is -0.497 e. The molecule has 0 unspecified atom stereocenters. The van der Waals surface area contributed by atoms with Gasteiger partial charge in [-0.15, -0.1) is 0 Å². The van der Waals surface area contributed by atoms with Gasteiger partial charge < -0.3 is 18.8 Å². The molecule has 1 aliphatic heterocycles. The lowest BCUT2D eigenvalue weighted by molar-refractivity contribution is 0.133. The number of nitrogens with zero attached hydrogens (tertiary/aromatic N) is 4. The molecule has 4 heterocycles. The van der Waals surface area contributed by atoms with E-state index in [2.05, 4.69) is 37.8 Å². The van der Waals surface area contributed by atoms with E-state index in [4.69, 9.17) is 24.0 Å². The third-order valence-electron chi connectivity index (χ3n) is 6.22. The van der Waals surface area contributed by atoms with E-state index in [9.17, 15) is 0 Å². The van der Waals surface area contributed by atoms with Crippen LogP contribution in [0.25, 0.3) is 16.8 Å². The molecule has 5 rings (SSSR count). The first-order valence-electron chi connectivity index (χ1n) is 11.4. The van der Waals surface area contributed by atoms with Crippen LogP contribution in [0.2, 0.25) is 0 Å². The van der Waals surface area contributed by atoms with Crippen molar-refractivity contribution in [1.29, 1.82) is 0 Å². The number of fused-ring (bicyclic) bond motifs is 2. The van der Waals surface area contributed by atoms with E-state index >= 15 is 0 Å². The first-order chi connectivity index (χ1) is 16.0. The number of rotatable bonds is 7. The van der Waals surface area contributed by atoms with E-state index in [1.165, 1.54) is 0 Å². The Morgan fingerprint density at radius 1 is 1.12 bits per heavy atom. The molecule has 0 saturated heterocycles. The van der Waals surface area contributed by atoms with Gasteiger partial charge in [0.15, 0.2) is 5.65 Å². The van der Waals surface area contributed by atoms with Crippen molar-refractivity contribution in [2.75, 3.05) is 18.6 Å². The standard InChI is InChI=1S/C26H30N4O3/c1-6-11-29(13-20-8-7-17(3)33-20)26-22-14-32-15-23(22)27-25-24(18(4)28-30(25)26)21-10-9-19(31-5)12-16(21)2/h7-10,12H,6,11,13-15H2,1-5H3. The minimum atomic E-state index is 0.518. The first kappa shape index (κ1) is 21.5. The van der Waals surface area contributed by atoms with Gasteiger partial charge in [0, 0.05) is 17.7 Å². The second-order valence-electron chi connectivity index (χ2n) is 8.66. The van der Waals surface area contributed by atoms with Gasteiger partial charge in [-0.3, -0.25) is 0 Å². The van der Waals surface area contributed by atoms with Crippen molar-refractivity contribution in [2.45, 2.75) is 53.9 Å². The summed E-state index contributed by atoms with van der Waals surface area (Å²) in [7, 11) is 1.69. The normalized spacial score (nSPS) is 13.0. The molecule has 0 bridgehead atoms. The minimum absolute atomic E-state index is 0.518. The third kappa shape index (κ3) is 3.76. The van der Waals surface area contributed by atoms with Gasteiger partial charge in [-0.05, 0) is 62.6 Å². The Morgan fingerprint density at radius 2 is 1.97 bits per heavy atom. The van der Waals surface area contributed by atoms with Gasteiger partial charge in [-0.25, -0.2) is 4.98 Å². The molecule has 172 valence electrons. The number of aryl methyl sites for hydroxylation is 3. The number of hydrogen-bond donors (Lipinski definition) is 0. The summed E-state index contributed by atoms with van der Waals surface area (Å²) in [5.41, 5.74) is 7.20. The van der Waals surface area contributed by atoms with Crippen LogP contribution in [0, 0.1) is 20.8 Å². The summed E-state index contributed by atoms with van der Waals surface area (Å²) >= 11 is 0. The summed E-state index contributed by atoms with van der Waals surface area (Å²) in [5, 5.41) is 5.00. The maximum Gasteiger partial charge on any atom is 0.165 e. The van der Waals surface area contributed by atoms with Crippen molar-refractivity contribution in [2.24, 2.45) is 0 Å². The zero-order chi connectivity index (χ0) is 23.1. The summed E-state index contributed by atoms with van der Waals surface area (Å²) in [6, 6.07) is 10.2. The predicted octanol–water partition coefficient (Wildman–Crippen LogP) is 5.37. The fourth-order valence-electron chi connectivity index (χ4n) is 4.71. The molecule has 0 amide bonds. The van der Waals surface area contributed by atoms with Crippen molar-refractivity contribution >= 4 is 11.5 Å². The molecular formula is C26H30N4O3. The average Bonchev–Trinajstić information content (AvgIpc) is 3.50. The monoisotopic (exact) mass is 446 g/mol. The molecule has 0 spiro atoms. The Hall–Kier alpha value is -3.32. The highest BCUT2D eigenvalue weighted by Crippen LogP contribution is 2.37. The molecular weight excluding hydrogens is 416 g/mol. The van der Waals surface area contributed by atoms with Crippen molar-refractivity contribution in [3.8, 4) is 16.9 Å². The lowest BCUT2D eigenvalue weighted by Crippen LogP contribution is -2.27. The number of ether oxygens (including phenoxy) is 2. The molecule has 7 nitrogen and oxygen atoms in total. The summed E-state index contributed by atoms with van der Waals surface area (Å²) in [4.78, 5) is 7.39. The second-order valence-corrected chi connectivity index (χ2v) is 8.66. The van der Waals surface area contributed by atoms with Gasteiger partial charge in [0.1, 0.15) is 23.1 Å². The fourth-order valence-corrected chi connectivity index (χ4v) is 4.71. The molecule has 3 aromatic heterocycles. The van der Waals surface area contributed by atoms with Crippen LogP contribution in [-0.2, 0) is 24.5 Å². The van der Waals surface area contributed by atoms with Crippen molar-refractivity contribution in [3.05, 3.63) is 64.4 Å². The van der Waals surface area contributed by atoms with Gasteiger partial charge >= 0.3 is 0 Å². The van der Waals surface area contributed by atoms with Crippen molar-refractivity contribution in [1.82, 2.24) is 14.6 Å². The Labute approximate surface area is 193 Å². The zero-order valence-electron chi connectivity index (χ0n) is 19.9. The van der Waals surface area contributed by atoms with E-state index in [1.807, 2.05) is 29.6 Å². The lowest BCUT2D eigenvalue weighted by atomic mass is 10.0. The topological polar surface area (TPSA) is 65.0 Å². The first-order valence-corrected chi connectivity index (χ1v) is 11.4. The largest absolute Gasteiger partial charge is 0.497 e. The smallest absolute Gasteiger partial charge is 0.165 e. The summed E-state index contributed by atoms with van der Waals surface area (Å²) in [6.07, 6.45) is 1.00. The van der Waals surface area contributed by atoms with E-state index in [-0.39, 0.29) is 0 Å². The maximum atomic E-state index is 5.92. The highest BCUT2D eigenvalue weighted by molar-refractivity contribution is 5.83. The van der Waals surface area contributed by atoms with Crippen LogP contribution in [0.4, 0.5) is 5.82 Å². The van der Waals surface area contributed by atoms with E-state index in [0.717, 1.165) is 75.3 Å². The molecule has 0 N–H and O–H groups in total. The number of methoxy groups -OCH3 is 1. The molecule has 0 saturated carbocycles. The summed E-state index contributed by atoms with van der Waals surface area (Å²) in [6.45, 7) is 10.9. The summed E-state index contributed by atoms with van der Waals surface area (Å²) in [5.74, 6) is 3.75. The Kier molecular flexibility index (Phi) is 5.58. The molecule has 4 aromatic rings. The van der Waals surface area contributed by atoms with Gasteiger partial charge in [-0.2, -0.15) is 9.61 Å². The van der Waals surface area contributed by atoms with E-state index in [1.54, 1.807) is 7.11 Å². The van der Waals surface area contributed by atoms with E-state index < -0.39 is 0 Å². The molecule has 1 aliphatic rings. The van der Waals surface area contributed by atoms with Crippen molar-refractivity contribution in [3.63, 3.8) is 0 Å². The fraction of sp³-hybridized carbons (Fsp3) is 0.385. The van der Waals surface area contributed by atoms with E-state index in [0.29, 0.717) is 19.8 Å². The number of benzene rings is 1. The number of furan rings is 1. The van der Waals surface area contributed by atoms with Crippen LogP contribution in [-0.4, -0.2) is 28.3 Å². The maximum absolute atomic E-state index is 5.92. The van der Waals surface area contributed by atoms with Crippen LogP contribution in [0.3, 0.4) is 0 Å². The van der Waals surface area contributed by atoms with Crippen LogP contribution in [0.5, 0.6) is 5.75 Å². The molecule has 0 fully saturated rings. The lowest BCUT2D eigenvalue weighted by Gasteiger charge is -2.26. The van der Waals surface area contributed by atoms with Gasteiger partial charge in [0.05, 0.1) is 38.3 Å². The molecule has 0 aliphatic carbocycles. The highest BCUT2D eigenvalue weighted by Gasteiger charge is 2.28.